The van der Waals surface area contributed by atoms with Crippen molar-refractivity contribution in [2.45, 2.75) is 4.90 Å². The Hall–Kier alpha value is -2.59. The molecule has 9 heteroatoms. The monoisotopic (exact) mass is 514 g/mol. The van der Waals surface area contributed by atoms with Crippen LogP contribution in [0.15, 0.2) is 81.2 Å². The van der Waals surface area contributed by atoms with Gasteiger partial charge in [0.2, 0.25) is 10.0 Å². The van der Waals surface area contributed by atoms with E-state index in [1.807, 2.05) is 47.4 Å². The molecule has 0 spiro atoms. The van der Waals surface area contributed by atoms with Crippen LogP contribution in [0.1, 0.15) is 5.56 Å². The van der Waals surface area contributed by atoms with E-state index in [-0.39, 0.29) is 17.3 Å². The van der Waals surface area contributed by atoms with E-state index in [2.05, 4.69) is 26.5 Å². The first-order valence-corrected chi connectivity index (χ1v) is 12.4. The van der Waals surface area contributed by atoms with Crippen LogP contribution in [0.3, 0.4) is 0 Å². The summed E-state index contributed by atoms with van der Waals surface area (Å²) < 4.78 is 27.9. The third-order valence-corrected chi connectivity index (χ3v) is 7.81. The van der Waals surface area contributed by atoms with Gasteiger partial charge in [-0.15, -0.1) is 0 Å². The molecule has 0 radical (unpaired) electrons. The Balaban J connectivity index is 1.29. The molecule has 1 aliphatic rings. The number of nitrogens with zero attached hydrogens (tertiary/aromatic N) is 3. The van der Waals surface area contributed by atoms with Crippen LogP contribution in [0.4, 0.5) is 0 Å². The van der Waals surface area contributed by atoms with Gasteiger partial charge in [-0.25, -0.2) is 13.8 Å². The molecule has 4 rings (SSSR count). The number of hydrazone groups is 1. The highest BCUT2D eigenvalue weighted by atomic mass is 79.9. The van der Waals surface area contributed by atoms with Crippen molar-refractivity contribution in [3.8, 4) is 0 Å². The van der Waals surface area contributed by atoms with Crippen molar-refractivity contribution in [1.82, 2.24) is 14.6 Å². The maximum Gasteiger partial charge on any atom is 0.254 e. The minimum Gasteiger partial charge on any atom is -0.292 e. The van der Waals surface area contributed by atoms with E-state index in [9.17, 15) is 13.2 Å². The summed E-state index contributed by atoms with van der Waals surface area (Å²) >= 11 is 3.32. The van der Waals surface area contributed by atoms with Gasteiger partial charge < -0.3 is 0 Å². The quantitative estimate of drug-likeness (QED) is 0.404. The molecule has 166 valence electrons. The van der Waals surface area contributed by atoms with Crippen LogP contribution < -0.4 is 5.43 Å². The molecule has 0 bridgehead atoms. The molecule has 1 heterocycles. The first-order valence-electron chi connectivity index (χ1n) is 10.2. The lowest BCUT2D eigenvalue weighted by atomic mass is 10.1. The summed E-state index contributed by atoms with van der Waals surface area (Å²) in [7, 11) is -3.53. The first kappa shape index (κ1) is 22.6. The lowest BCUT2D eigenvalue weighted by Crippen LogP contribution is -2.50. The van der Waals surface area contributed by atoms with Gasteiger partial charge in [0.15, 0.2) is 0 Å². The lowest BCUT2D eigenvalue weighted by molar-refractivity contribution is -0.122. The number of carbonyl (C=O) groups excluding carboxylic acids is 1. The molecule has 1 aliphatic heterocycles. The van der Waals surface area contributed by atoms with E-state index < -0.39 is 10.0 Å². The number of sulfonamides is 1. The average Bonchev–Trinajstić information content (AvgIpc) is 2.80. The second kappa shape index (κ2) is 9.91. The number of nitrogens with one attached hydrogen (secondary N) is 1. The van der Waals surface area contributed by atoms with Gasteiger partial charge in [0.1, 0.15) is 0 Å². The Morgan fingerprint density at radius 3 is 2.41 bits per heavy atom. The van der Waals surface area contributed by atoms with Crippen LogP contribution in [0, 0.1) is 0 Å². The molecule has 0 aromatic heterocycles. The number of amides is 1. The fourth-order valence-electron chi connectivity index (χ4n) is 3.66. The molecule has 7 nitrogen and oxygen atoms in total. The summed E-state index contributed by atoms with van der Waals surface area (Å²) in [6, 6.07) is 20.5. The van der Waals surface area contributed by atoms with Crippen molar-refractivity contribution in [3.63, 3.8) is 0 Å². The molecule has 0 saturated carbocycles. The third kappa shape index (κ3) is 5.24. The highest BCUT2D eigenvalue weighted by Crippen LogP contribution is 2.20. The Bertz CT molecular complexity index is 1230. The summed E-state index contributed by atoms with van der Waals surface area (Å²) in [4.78, 5) is 14.5. The molecule has 0 atom stereocenters. The molecular formula is C23H23BrN4O3S. The zero-order chi connectivity index (χ0) is 22.6. The molecular weight excluding hydrogens is 492 g/mol. The van der Waals surface area contributed by atoms with E-state index >= 15 is 0 Å². The van der Waals surface area contributed by atoms with Gasteiger partial charge in [-0.3, -0.25) is 9.69 Å². The van der Waals surface area contributed by atoms with Crippen LogP contribution in [0.25, 0.3) is 10.8 Å². The standard InChI is InChI=1S/C23H23BrN4O3S/c24-20-8-10-21(11-9-20)32(30,31)28-14-12-27(13-15-28)17-23(29)26-25-16-19-6-3-5-18-4-1-2-7-22(18)19/h1-11,16H,12-15,17H2,(H,26,29)/b25-16+. The normalized spacial score (nSPS) is 15.9. The Kier molecular flexibility index (Phi) is 7.00. The van der Waals surface area contributed by atoms with Crippen LogP contribution in [0.5, 0.6) is 0 Å². The lowest BCUT2D eigenvalue weighted by Gasteiger charge is -2.33. The fourth-order valence-corrected chi connectivity index (χ4v) is 5.35. The second-order valence-corrected chi connectivity index (χ2v) is 10.3. The van der Waals surface area contributed by atoms with E-state index in [1.54, 1.807) is 30.5 Å². The van der Waals surface area contributed by atoms with Crippen LogP contribution >= 0.6 is 15.9 Å². The van der Waals surface area contributed by atoms with Gasteiger partial charge in [0.25, 0.3) is 5.91 Å². The summed E-state index contributed by atoms with van der Waals surface area (Å²) in [6.45, 7) is 1.81. The number of benzene rings is 3. The first-order chi connectivity index (χ1) is 15.4. The smallest absolute Gasteiger partial charge is 0.254 e. The molecule has 1 N–H and O–H groups in total. The molecule has 0 unspecified atom stereocenters. The molecule has 0 aliphatic carbocycles. The van der Waals surface area contributed by atoms with E-state index in [4.69, 9.17) is 0 Å². The number of hydrogen-bond donors (Lipinski definition) is 1. The number of piperazine rings is 1. The number of hydrogen-bond acceptors (Lipinski definition) is 5. The van der Waals surface area contributed by atoms with Crippen LogP contribution in [-0.2, 0) is 14.8 Å². The van der Waals surface area contributed by atoms with Crippen molar-refractivity contribution in [1.29, 1.82) is 0 Å². The minimum absolute atomic E-state index is 0.166. The third-order valence-electron chi connectivity index (χ3n) is 5.37. The minimum atomic E-state index is -3.53. The van der Waals surface area contributed by atoms with E-state index in [0.717, 1.165) is 20.8 Å². The van der Waals surface area contributed by atoms with E-state index in [0.29, 0.717) is 26.2 Å². The van der Waals surface area contributed by atoms with Gasteiger partial charge in [-0.05, 0) is 35.0 Å². The number of carbonyl (C=O) groups is 1. The SMILES string of the molecule is O=C(CN1CCN(S(=O)(=O)c2ccc(Br)cc2)CC1)N/N=C/c1cccc2ccccc12. The predicted molar refractivity (Wildman–Crippen MR) is 129 cm³/mol. The van der Waals surface area contributed by atoms with Crippen molar-refractivity contribution in [3.05, 3.63) is 76.8 Å². The summed E-state index contributed by atoms with van der Waals surface area (Å²) in [5, 5.41) is 6.27. The number of halogens is 1. The summed E-state index contributed by atoms with van der Waals surface area (Å²) in [6.07, 6.45) is 1.64. The topological polar surface area (TPSA) is 82.1 Å². The van der Waals surface area contributed by atoms with Crippen molar-refractivity contribution in [2.24, 2.45) is 5.10 Å². The van der Waals surface area contributed by atoms with Crippen LogP contribution in [0.2, 0.25) is 0 Å². The second-order valence-electron chi connectivity index (χ2n) is 7.50. The zero-order valence-electron chi connectivity index (χ0n) is 17.3. The molecule has 3 aromatic rings. The van der Waals surface area contributed by atoms with Crippen molar-refractivity contribution in [2.75, 3.05) is 32.7 Å². The molecule has 1 saturated heterocycles. The zero-order valence-corrected chi connectivity index (χ0v) is 19.7. The number of rotatable bonds is 6. The van der Waals surface area contributed by atoms with Gasteiger partial charge in [0.05, 0.1) is 17.7 Å². The van der Waals surface area contributed by atoms with Crippen LogP contribution in [-0.4, -0.2) is 62.5 Å². The van der Waals surface area contributed by atoms with Gasteiger partial charge >= 0.3 is 0 Å². The Labute approximate surface area is 195 Å². The fraction of sp³-hybridized carbons (Fsp3) is 0.217. The largest absolute Gasteiger partial charge is 0.292 e. The predicted octanol–water partition coefficient (Wildman–Crippen LogP) is 3.06. The molecule has 1 amide bonds. The molecule has 1 fully saturated rings. The Morgan fingerprint density at radius 1 is 0.969 bits per heavy atom. The van der Waals surface area contributed by atoms with E-state index in [1.165, 1.54) is 4.31 Å². The van der Waals surface area contributed by atoms with Gasteiger partial charge in [-0.1, -0.05) is 58.4 Å². The Morgan fingerprint density at radius 2 is 1.66 bits per heavy atom. The van der Waals surface area contributed by atoms with Crippen molar-refractivity contribution >= 4 is 48.8 Å². The number of fused-ring (bicyclic) bond motifs is 1. The maximum absolute atomic E-state index is 12.8. The summed E-state index contributed by atoms with van der Waals surface area (Å²) in [5.41, 5.74) is 3.49. The molecule has 32 heavy (non-hydrogen) atoms. The average molecular weight is 515 g/mol. The highest BCUT2D eigenvalue weighted by molar-refractivity contribution is 9.10. The highest BCUT2D eigenvalue weighted by Gasteiger charge is 2.28. The van der Waals surface area contributed by atoms with Gasteiger partial charge in [-0.2, -0.15) is 9.41 Å². The van der Waals surface area contributed by atoms with Crippen molar-refractivity contribution < 1.29 is 13.2 Å². The van der Waals surface area contributed by atoms with Gasteiger partial charge in [0, 0.05) is 36.2 Å². The maximum atomic E-state index is 12.8. The summed E-state index contributed by atoms with van der Waals surface area (Å²) in [5.74, 6) is -0.231. The molecule has 3 aromatic carbocycles.